The summed E-state index contributed by atoms with van der Waals surface area (Å²) >= 11 is 0. The van der Waals surface area contributed by atoms with Gasteiger partial charge in [-0.05, 0) is 60.0 Å². The molecule has 0 bridgehead atoms. The molecule has 1 aliphatic rings. The maximum Gasteiger partial charge on any atom is 0.251 e. The molecule has 1 N–H and O–H groups in total. The summed E-state index contributed by atoms with van der Waals surface area (Å²) in [7, 11) is 0. The van der Waals surface area contributed by atoms with Crippen molar-refractivity contribution in [3.8, 4) is 0 Å². The van der Waals surface area contributed by atoms with Crippen LogP contribution in [-0.4, -0.2) is 43.0 Å². The van der Waals surface area contributed by atoms with Gasteiger partial charge in [-0.1, -0.05) is 72.3 Å². The highest BCUT2D eigenvalue weighted by Crippen LogP contribution is 2.28. The van der Waals surface area contributed by atoms with Crippen molar-refractivity contribution < 1.29 is 18.7 Å². The number of ether oxygens (including phenoxy) is 1. The molecule has 0 aromatic heterocycles. The van der Waals surface area contributed by atoms with Crippen molar-refractivity contribution in [2.75, 3.05) is 36.5 Å². The summed E-state index contributed by atoms with van der Waals surface area (Å²) in [6.07, 6.45) is 0.131. The van der Waals surface area contributed by atoms with Crippen LogP contribution in [0.5, 0.6) is 0 Å². The van der Waals surface area contributed by atoms with Gasteiger partial charge >= 0.3 is 0 Å². The van der Waals surface area contributed by atoms with E-state index in [-0.39, 0.29) is 24.8 Å². The molecule has 1 fully saturated rings. The summed E-state index contributed by atoms with van der Waals surface area (Å²) in [6.45, 7) is 5.22. The Bertz CT molecular complexity index is 1440. The molecule has 1 aliphatic heterocycles. The molecule has 4 aromatic rings. The lowest BCUT2D eigenvalue weighted by Gasteiger charge is -2.32. The van der Waals surface area contributed by atoms with Gasteiger partial charge in [0.1, 0.15) is 11.9 Å². The molecule has 0 spiro atoms. The third-order valence-corrected chi connectivity index (χ3v) is 7.25. The minimum Gasteiger partial charge on any atom is -0.378 e. The second kappa shape index (κ2) is 13.2. The highest BCUT2D eigenvalue weighted by molar-refractivity contribution is 5.98. The van der Waals surface area contributed by atoms with Crippen LogP contribution in [0.1, 0.15) is 28.3 Å². The van der Waals surface area contributed by atoms with Gasteiger partial charge in [-0.2, -0.15) is 0 Å². The number of nitrogens with one attached hydrogen (secondary N) is 1. The third-order valence-electron chi connectivity index (χ3n) is 7.25. The molecule has 0 saturated carbocycles. The van der Waals surface area contributed by atoms with Gasteiger partial charge in [0, 0.05) is 31.0 Å². The molecule has 41 heavy (non-hydrogen) atoms. The van der Waals surface area contributed by atoms with Crippen LogP contribution in [-0.2, 0) is 27.3 Å². The van der Waals surface area contributed by atoms with E-state index in [0.717, 1.165) is 35.5 Å². The van der Waals surface area contributed by atoms with Crippen molar-refractivity contribution in [2.45, 2.75) is 25.9 Å². The van der Waals surface area contributed by atoms with Crippen molar-refractivity contribution in [3.63, 3.8) is 0 Å². The van der Waals surface area contributed by atoms with E-state index in [1.807, 2.05) is 85.8 Å². The number of anilines is 2. The SMILES string of the molecule is Cc1ccc(CN(C(=O)Cc2ccccc2)C(C(=O)Nc2ccc(N3CCOCC3)cc2)c2ccc(F)cc2)cc1. The fraction of sp³-hybridized carbons (Fsp3) is 0.235. The zero-order valence-corrected chi connectivity index (χ0v) is 23.1. The predicted octanol–water partition coefficient (Wildman–Crippen LogP) is 5.92. The Kier molecular flexibility index (Phi) is 9.06. The molecule has 1 saturated heterocycles. The van der Waals surface area contributed by atoms with Crippen molar-refractivity contribution >= 4 is 23.2 Å². The van der Waals surface area contributed by atoms with Crippen LogP contribution in [0.3, 0.4) is 0 Å². The van der Waals surface area contributed by atoms with E-state index in [2.05, 4.69) is 10.2 Å². The Hall–Kier alpha value is -4.49. The minimum atomic E-state index is -0.980. The second-order valence-corrected chi connectivity index (χ2v) is 10.3. The van der Waals surface area contributed by atoms with E-state index in [1.165, 1.54) is 12.1 Å². The normalized spacial score (nSPS) is 13.9. The maximum atomic E-state index is 14.0. The number of morpholine rings is 1. The molecule has 0 aliphatic carbocycles. The number of hydrogen-bond donors (Lipinski definition) is 1. The summed E-state index contributed by atoms with van der Waals surface area (Å²) in [4.78, 5) is 31.7. The van der Waals surface area contributed by atoms with Crippen LogP contribution in [0.2, 0.25) is 0 Å². The number of carbonyl (C=O) groups is 2. The van der Waals surface area contributed by atoms with E-state index in [9.17, 15) is 14.0 Å². The van der Waals surface area contributed by atoms with Crippen LogP contribution in [0.25, 0.3) is 0 Å². The molecule has 7 heteroatoms. The molecule has 2 amide bonds. The van der Waals surface area contributed by atoms with Crippen LogP contribution < -0.4 is 10.2 Å². The average molecular weight is 552 g/mol. The highest BCUT2D eigenvalue weighted by Gasteiger charge is 2.32. The van der Waals surface area contributed by atoms with Gasteiger partial charge in [-0.3, -0.25) is 9.59 Å². The minimum absolute atomic E-state index is 0.131. The van der Waals surface area contributed by atoms with Crippen LogP contribution >= 0.6 is 0 Å². The maximum absolute atomic E-state index is 14.0. The first kappa shape index (κ1) is 28.1. The number of hydrogen-bond acceptors (Lipinski definition) is 4. The molecule has 6 nitrogen and oxygen atoms in total. The number of nitrogens with zero attached hydrogens (tertiary/aromatic N) is 2. The first-order chi connectivity index (χ1) is 20.0. The molecular formula is C34H34FN3O3. The van der Waals surface area contributed by atoms with E-state index in [1.54, 1.807) is 17.0 Å². The highest BCUT2D eigenvalue weighted by atomic mass is 19.1. The zero-order chi connectivity index (χ0) is 28.6. The Labute approximate surface area is 240 Å². The Morgan fingerprint density at radius 2 is 1.51 bits per heavy atom. The molecule has 1 heterocycles. The number of rotatable bonds is 9. The quantitative estimate of drug-likeness (QED) is 0.281. The number of amides is 2. The monoisotopic (exact) mass is 551 g/mol. The largest absolute Gasteiger partial charge is 0.378 e. The molecule has 1 atom stereocenters. The second-order valence-electron chi connectivity index (χ2n) is 10.3. The molecular weight excluding hydrogens is 517 g/mol. The molecule has 210 valence electrons. The Morgan fingerprint density at radius 1 is 0.854 bits per heavy atom. The summed E-state index contributed by atoms with van der Waals surface area (Å²) in [6, 6.07) is 29.8. The first-order valence-corrected chi connectivity index (χ1v) is 13.8. The Morgan fingerprint density at radius 3 is 2.17 bits per heavy atom. The first-order valence-electron chi connectivity index (χ1n) is 13.8. The van der Waals surface area contributed by atoms with Crippen molar-refractivity contribution in [2.24, 2.45) is 0 Å². The predicted molar refractivity (Wildman–Crippen MR) is 159 cm³/mol. The van der Waals surface area contributed by atoms with Gasteiger partial charge in [0.05, 0.1) is 19.6 Å². The van der Waals surface area contributed by atoms with E-state index < -0.39 is 11.9 Å². The van der Waals surface area contributed by atoms with Gasteiger partial charge in [0.15, 0.2) is 0 Å². The zero-order valence-electron chi connectivity index (χ0n) is 23.1. The van der Waals surface area contributed by atoms with E-state index in [4.69, 9.17) is 4.74 Å². The fourth-order valence-corrected chi connectivity index (χ4v) is 4.99. The lowest BCUT2D eigenvalue weighted by molar-refractivity contribution is -0.139. The lowest BCUT2D eigenvalue weighted by atomic mass is 10.0. The van der Waals surface area contributed by atoms with Crippen molar-refractivity contribution in [1.29, 1.82) is 0 Å². The lowest BCUT2D eigenvalue weighted by Crippen LogP contribution is -2.41. The van der Waals surface area contributed by atoms with Crippen LogP contribution in [0.15, 0.2) is 103 Å². The van der Waals surface area contributed by atoms with Gasteiger partial charge in [-0.25, -0.2) is 4.39 Å². The number of benzene rings is 4. The smallest absolute Gasteiger partial charge is 0.251 e. The molecule has 0 radical (unpaired) electrons. The third kappa shape index (κ3) is 7.38. The van der Waals surface area contributed by atoms with Crippen LogP contribution in [0.4, 0.5) is 15.8 Å². The van der Waals surface area contributed by atoms with E-state index in [0.29, 0.717) is 24.5 Å². The summed E-state index contributed by atoms with van der Waals surface area (Å²) in [5.74, 6) is -0.986. The summed E-state index contributed by atoms with van der Waals surface area (Å²) in [5.41, 5.74) is 5.05. The summed E-state index contributed by atoms with van der Waals surface area (Å²) in [5, 5.41) is 3.01. The standard InChI is InChI=1S/C34H34FN3O3/c1-25-7-9-27(10-8-25)24-38(32(39)23-26-5-3-2-4-6-26)33(28-11-13-29(35)14-12-28)34(40)36-30-15-17-31(18-16-30)37-19-21-41-22-20-37/h2-18,33H,19-24H2,1H3,(H,36,40). The topological polar surface area (TPSA) is 61.9 Å². The number of carbonyl (C=O) groups excluding carboxylic acids is 2. The van der Waals surface area contributed by atoms with Crippen molar-refractivity contribution in [1.82, 2.24) is 4.90 Å². The Balaban J connectivity index is 1.45. The summed E-state index contributed by atoms with van der Waals surface area (Å²) < 4.78 is 19.4. The molecule has 1 unspecified atom stereocenters. The number of aryl methyl sites for hydroxylation is 1. The molecule has 4 aromatic carbocycles. The number of halogens is 1. The average Bonchev–Trinajstić information content (AvgIpc) is 3.00. The van der Waals surface area contributed by atoms with Gasteiger partial charge in [0.2, 0.25) is 5.91 Å². The van der Waals surface area contributed by atoms with Gasteiger partial charge in [0.25, 0.3) is 5.91 Å². The van der Waals surface area contributed by atoms with E-state index >= 15 is 0 Å². The van der Waals surface area contributed by atoms with Gasteiger partial charge in [-0.15, -0.1) is 0 Å². The van der Waals surface area contributed by atoms with Crippen molar-refractivity contribution in [3.05, 3.63) is 131 Å². The molecule has 5 rings (SSSR count). The van der Waals surface area contributed by atoms with Gasteiger partial charge < -0.3 is 19.9 Å². The fourth-order valence-electron chi connectivity index (χ4n) is 4.99. The van der Waals surface area contributed by atoms with Crippen LogP contribution in [0, 0.1) is 12.7 Å².